The van der Waals surface area contributed by atoms with Gasteiger partial charge in [-0.3, -0.25) is 4.79 Å². The van der Waals surface area contributed by atoms with E-state index >= 15 is 0 Å². The maximum Gasteiger partial charge on any atom is 0.255 e. The average molecular weight is 359 g/mol. The first-order valence-corrected chi connectivity index (χ1v) is 9.06. The van der Waals surface area contributed by atoms with Crippen molar-refractivity contribution < 1.29 is 9.53 Å². The lowest BCUT2D eigenvalue weighted by atomic mass is 9.99. The predicted molar refractivity (Wildman–Crippen MR) is 100 cm³/mol. The lowest BCUT2D eigenvalue weighted by Crippen LogP contribution is -2.38. The van der Waals surface area contributed by atoms with Gasteiger partial charge in [0, 0.05) is 17.1 Å². The summed E-state index contributed by atoms with van der Waals surface area (Å²) in [4.78, 5) is 12.5. The molecule has 3 rings (SSSR count). The molecule has 0 bridgehead atoms. The molecule has 0 radical (unpaired) electrons. The number of rotatable bonds is 6. The van der Waals surface area contributed by atoms with Crippen LogP contribution >= 0.6 is 11.6 Å². The largest absolute Gasteiger partial charge is 0.488 e. The van der Waals surface area contributed by atoms with E-state index < -0.39 is 0 Å². The minimum absolute atomic E-state index is 0.0969. The molecule has 1 fully saturated rings. The predicted octanol–water partition coefficient (Wildman–Crippen LogP) is 3.65. The van der Waals surface area contributed by atoms with E-state index in [1.54, 1.807) is 6.07 Å². The van der Waals surface area contributed by atoms with E-state index in [1.165, 1.54) is 0 Å². The van der Waals surface area contributed by atoms with Crippen molar-refractivity contribution >= 4 is 17.5 Å². The molecule has 5 heteroatoms. The van der Waals surface area contributed by atoms with Gasteiger partial charge in [0.25, 0.3) is 5.91 Å². The Hall–Kier alpha value is -2.04. The Morgan fingerprint density at radius 2 is 2.00 bits per heavy atom. The minimum atomic E-state index is -0.0969. The number of carbonyl (C=O) groups excluding carboxylic acids is 1. The summed E-state index contributed by atoms with van der Waals surface area (Å²) in [6.45, 7) is 3.05. The summed E-state index contributed by atoms with van der Waals surface area (Å²) in [5.41, 5.74) is 1.45. The molecule has 132 valence electrons. The molecule has 1 atom stereocenters. The second-order valence-electron chi connectivity index (χ2n) is 6.30. The van der Waals surface area contributed by atoms with E-state index in [0.717, 1.165) is 31.5 Å². The number of carbonyl (C=O) groups is 1. The number of halogens is 1. The highest BCUT2D eigenvalue weighted by Gasteiger charge is 2.16. The maximum absolute atomic E-state index is 12.5. The molecule has 0 spiro atoms. The summed E-state index contributed by atoms with van der Waals surface area (Å²) in [7, 11) is 0. The van der Waals surface area contributed by atoms with Crippen LogP contribution in [0.15, 0.2) is 48.5 Å². The number of hydrogen-bond acceptors (Lipinski definition) is 3. The highest BCUT2D eigenvalue weighted by Crippen LogP contribution is 2.22. The summed E-state index contributed by atoms with van der Waals surface area (Å²) in [6.07, 6.45) is 2.32. The van der Waals surface area contributed by atoms with Crippen LogP contribution in [0.4, 0.5) is 0 Å². The smallest absolute Gasteiger partial charge is 0.255 e. The van der Waals surface area contributed by atoms with Crippen LogP contribution < -0.4 is 15.4 Å². The number of benzene rings is 2. The standard InChI is InChI=1S/C20H23ClN2O2/c21-18-9-3-1-7-16(18)14-25-19-10-4-2-8-17(19)20(24)23-13-15-6-5-11-22-12-15/h1-4,7-10,15,22H,5-6,11-14H2,(H,23,24). The van der Waals surface area contributed by atoms with Crippen molar-refractivity contribution in [1.82, 2.24) is 10.6 Å². The van der Waals surface area contributed by atoms with E-state index in [-0.39, 0.29) is 5.91 Å². The van der Waals surface area contributed by atoms with Crippen LogP contribution in [-0.2, 0) is 6.61 Å². The van der Waals surface area contributed by atoms with Gasteiger partial charge in [-0.1, -0.05) is 41.9 Å². The maximum atomic E-state index is 12.5. The molecule has 0 aliphatic carbocycles. The number of piperidine rings is 1. The molecule has 25 heavy (non-hydrogen) atoms. The fourth-order valence-electron chi connectivity index (χ4n) is 2.98. The van der Waals surface area contributed by atoms with E-state index in [0.29, 0.717) is 35.4 Å². The van der Waals surface area contributed by atoms with Gasteiger partial charge in [-0.25, -0.2) is 0 Å². The van der Waals surface area contributed by atoms with Crippen LogP contribution in [0.2, 0.25) is 5.02 Å². The Bertz CT molecular complexity index is 714. The molecule has 0 aromatic heterocycles. The molecule has 1 aliphatic rings. The van der Waals surface area contributed by atoms with Crippen LogP contribution in [0.25, 0.3) is 0 Å². The van der Waals surface area contributed by atoms with Crippen LogP contribution in [0, 0.1) is 5.92 Å². The van der Waals surface area contributed by atoms with Crippen molar-refractivity contribution in [2.45, 2.75) is 19.4 Å². The Morgan fingerprint density at radius 3 is 2.80 bits per heavy atom. The Morgan fingerprint density at radius 1 is 1.20 bits per heavy atom. The van der Waals surface area contributed by atoms with Gasteiger partial charge in [0.1, 0.15) is 12.4 Å². The fraction of sp³-hybridized carbons (Fsp3) is 0.350. The third-order valence-electron chi connectivity index (χ3n) is 4.42. The molecule has 0 saturated carbocycles. The van der Waals surface area contributed by atoms with Gasteiger partial charge in [-0.2, -0.15) is 0 Å². The first-order valence-electron chi connectivity index (χ1n) is 8.68. The van der Waals surface area contributed by atoms with Gasteiger partial charge >= 0.3 is 0 Å². The first-order chi connectivity index (χ1) is 12.2. The van der Waals surface area contributed by atoms with E-state index in [2.05, 4.69) is 10.6 Å². The Kier molecular flexibility index (Phi) is 6.31. The third-order valence-corrected chi connectivity index (χ3v) is 4.79. The second kappa shape index (κ2) is 8.88. The normalized spacial score (nSPS) is 17.1. The van der Waals surface area contributed by atoms with Gasteiger partial charge in [0.05, 0.1) is 5.56 Å². The van der Waals surface area contributed by atoms with Crippen LogP contribution in [0.5, 0.6) is 5.75 Å². The van der Waals surface area contributed by atoms with Gasteiger partial charge in [0.2, 0.25) is 0 Å². The Labute approximate surface area is 153 Å². The molecule has 1 amide bonds. The van der Waals surface area contributed by atoms with Crippen molar-refractivity contribution in [2.24, 2.45) is 5.92 Å². The Balaban J connectivity index is 1.61. The summed E-state index contributed by atoms with van der Waals surface area (Å²) in [6, 6.07) is 14.9. The number of amides is 1. The lowest BCUT2D eigenvalue weighted by molar-refractivity contribution is 0.0940. The van der Waals surface area contributed by atoms with Crippen LogP contribution in [0.3, 0.4) is 0 Å². The van der Waals surface area contributed by atoms with E-state index in [9.17, 15) is 4.79 Å². The van der Waals surface area contributed by atoms with E-state index in [4.69, 9.17) is 16.3 Å². The van der Waals surface area contributed by atoms with Crippen LogP contribution in [-0.4, -0.2) is 25.5 Å². The summed E-state index contributed by atoms with van der Waals surface area (Å²) < 4.78 is 5.86. The number of hydrogen-bond donors (Lipinski definition) is 2. The van der Waals surface area contributed by atoms with Gasteiger partial charge in [-0.15, -0.1) is 0 Å². The van der Waals surface area contributed by atoms with Crippen molar-refractivity contribution in [1.29, 1.82) is 0 Å². The van der Waals surface area contributed by atoms with Crippen molar-refractivity contribution in [3.63, 3.8) is 0 Å². The van der Waals surface area contributed by atoms with Crippen molar-refractivity contribution in [3.05, 3.63) is 64.7 Å². The molecule has 1 aliphatic heterocycles. The molecular formula is C20H23ClN2O2. The average Bonchev–Trinajstić information content (AvgIpc) is 2.66. The molecular weight excluding hydrogens is 336 g/mol. The molecule has 2 aromatic rings. The first kappa shape index (κ1) is 17.8. The van der Waals surface area contributed by atoms with E-state index in [1.807, 2.05) is 42.5 Å². The molecule has 1 saturated heterocycles. The highest BCUT2D eigenvalue weighted by molar-refractivity contribution is 6.31. The van der Waals surface area contributed by atoms with Gasteiger partial charge < -0.3 is 15.4 Å². The summed E-state index contributed by atoms with van der Waals surface area (Å²) in [5.74, 6) is 0.968. The van der Waals surface area contributed by atoms with Crippen LogP contribution in [0.1, 0.15) is 28.8 Å². The number of nitrogens with one attached hydrogen (secondary N) is 2. The molecule has 4 nitrogen and oxygen atoms in total. The van der Waals surface area contributed by atoms with Crippen molar-refractivity contribution in [3.8, 4) is 5.75 Å². The number of ether oxygens (including phenoxy) is 1. The molecule has 1 unspecified atom stereocenters. The van der Waals surface area contributed by atoms with Gasteiger partial charge in [0.15, 0.2) is 0 Å². The zero-order valence-electron chi connectivity index (χ0n) is 14.1. The summed E-state index contributed by atoms with van der Waals surface area (Å²) in [5, 5.41) is 7.06. The quantitative estimate of drug-likeness (QED) is 0.828. The number of para-hydroxylation sites is 1. The minimum Gasteiger partial charge on any atom is -0.488 e. The fourth-order valence-corrected chi connectivity index (χ4v) is 3.17. The molecule has 2 N–H and O–H groups in total. The lowest BCUT2D eigenvalue weighted by Gasteiger charge is -2.23. The second-order valence-corrected chi connectivity index (χ2v) is 6.71. The zero-order chi connectivity index (χ0) is 17.5. The highest BCUT2D eigenvalue weighted by atomic mass is 35.5. The molecule has 2 aromatic carbocycles. The third kappa shape index (κ3) is 4.97. The topological polar surface area (TPSA) is 50.4 Å². The SMILES string of the molecule is O=C(NCC1CCCNC1)c1ccccc1OCc1ccccc1Cl. The monoisotopic (exact) mass is 358 g/mol. The zero-order valence-corrected chi connectivity index (χ0v) is 14.9. The molecule has 1 heterocycles. The van der Waals surface area contributed by atoms with Gasteiger partial charge in [-0.05, 0) is 50.0 Å². The van der Waals surface area contributed by atoms with Crippen molar-refractivity contribution in [2.75, 3.05) is 19.6 Å². The summed E-state index contributed by atoms with van der Waals surface area (Å²) >= 11 is 6.16.